The number of hydrogen-bond acceptors (Lipinski definition) is 15. The number of para-hydroxylation sites is 2. The van der Waals surface area contributed by atoms with Crippen molar-refractivity contribution in [3.8, 4) is 5.75 Å². The molecule has 2 N–H and O–H groups in total. The summed E-state index contributed by atoms with van der Waals surface area (Å²) in [6.07, 6.45) is 0.254. The zero-order valence-corrected chi connectivity index (χ0v) is 28.8. The average molecular weight is 694 g/mol. The smallest absolute Gasteiger partial charge is 0.308 e. The molecule has 0 bridgehead atoms. The fourth-order valence-corrected chi connectivity index (χ4v) is 3.51. The van der Waals surface area contributed by atoms with E-state index in [0.717, 1.165) is 0 Å². The minimum Gasteiger partial charge on any atom is -0.489 e. The molecule has 0 saturated carbocycles. The van der Waals surface area contributed by atoms with E-state index < -0.39 is 0 Å². The summed E-state index contributed by atoms with van der Waals surface area (Å²) in [7, 11) is 0. The number of rotatable bonds is 38. The van der Waals surface area contributed by atoms with Gasteiger partial charge in [-0.15, -0.1) is 0 Å². The van der Waals surface area contributed by atoms with Gasteiger partial charge in [0.1, 0.15) is 12.4 Å². The molecule has 0 atom stereocenters. The van der Waals surface area contributed by atoms with Crippen LogP contribution in [0.4, 0.5) is 5.69 Å². The van der Waals surface area contributed by atoms with Gasteiger partial charge < -0.3 is 67.3 Å². The van der Waals surface area contributed by atoms with Gasteiger partial charge in [0, 0.05) is 0 Å². The number of benzene rings is 1. The van der Waals surface area contributed by atoms with Crippen LogP contribution in [-0.4, -0.2) is 165 Å². The Morgan fingerprint density at radius 3 is 1.06 bits per heavy atom. The fraction of sp³-hybridized carbons (Fsp3) is 0.788. The molecule has 0 radical (unpaired) electrons. The van der Waals surface area contributed by atoms with Crippen molar-refractivity contribution in [2.24, 2.45) is 0 Å². The van der Waals surface area contributed by atoms with Gasteiger partial charge in [-0.05, 0) is 19.1 Å². The van der Waals surface area contributed by atoms with Crippen LogP contribution in [0.2, 0.25) is 0 Å². The van der Waals surface area contributed by atoms with Gasteiger partial charge in [0.15, 0.2) is 0 Å². The predicted octanol–water partition coefficient (Wildman–Crippen LogP) is 1.78. The summed E-state index contributed by atoms with van der Waals surface area (Å²) < 4.78 is 70.3. The van der Waals surface area contributed by atoms with Crippen molar-refractivity contribution in [2.45, 2.75) is 13.3 Å². The van der Waals surface area contributed by atoms with E-state index in [0.29, 0.717) is 170 Å². The largest absolute Gasteiger partial charge is 0.489 e. The first kappa shape index (κ1) is 43.9. The number of nitrogen functional groups attached to an aromatic ring is 1. The maximum absolute atomic E-state index is 11.2. The van der Waals surface area contributed by atoms with Gasteiger partial charge in [-0.2, -0.15) is 0 Å². The van der Waals surface area contributed by atoms with Crippen LogP contribution in [0.15, 0.2) is 24.3 Å². The lowest BCUT2D eigenvalue weighted by atomic mass is 10.3. The molecule has 0 amide bonds. The van der Waals surface area contributed by atoms with Crippen LogP contribution in [0.3, 0.4) is 0 Å². The maximum Gasteiger partial charge on any atom is 0.308 e. The summed E-state index contributed by atoms with van der Waals surface area (Å²) >= 11 is 0. The third-order valence-corrected chi connectivity index (χ3v) is 5.88. The topological polar surface area (TPSA) is 163 Å². The Hall–Kier alpha value is -2.15. The average Bonchev–Trinajstić information content (AvgIpc) is 3.09. The quantitative estimate of drug-likeness (QED) is 0.0605. The van der Waals surface area contributed by atoms with E-state index >= 15 is 0 Å². The molecule has 0 unspecified atom stereocenters. The molecular weight excluding hydrogens is 634 g/mol. The third-order valence-electron chi connectivity index (χ3n) is 5.88. The van der Waals surface area contributed by atoms with Crippen molar-refractivity contribution in [3.05, 3.63) is 24.3 Å². The summed E-state index contributed by atoms with van der Waals surface area (Å²) in [5.41, 5.74) is 6.43. The maximum atomic E-state index is 11.2. The van der Waals surface area contributed by atoms with Crippen molar-refractivity contribution >= 4 is 11.7 Å². The molecule has 15 nitrogen and oxygen atoms in total. The SMILES string of the molecule is CCOC(=O)CCOCCOCCOCCOCCOCCOCCOCCOCCOCCOCCOCCOc1ccccc1N. The van der Waals surface area contributed by atoms with Crippen LogP contribution in [0.1, 0.15) is 13.3 Å². The van der Waals surface area contributed by atoms with Crippen LogP contribution in [0.25, 0.3) is 0 Å². The number of ether oxygens (including phenoxy) is 13. The number of carbonyl (C=O) groups excluding carboxylic acids is 1. The molecule has 0 saturated heterocycles. The normalized spacial score (nSPS) is 11.3. The van der Waals surface area contributed by atoms with Crippen molar-refractivity contribution in [2.75, 3.05) is 164 Å². The molecule has 0 fully saturated rings. The highest BCUT2D eigenvalue weighted by molar-refractivity contribution is 5.69. The number of hydrogen-bond donors (Lipinski definition) is 1. The molecule has 0 aliphatic rings. The van der Waals surface area contributed by atoms with Crippen molar-refractivity contribution in [1.29, 1.82) is 0 Å². The predicted molar refractivity (Wildman–Crippen MR) is 177 cm³/mol. The molecule has 15 heteroatoms. The summed E-state index contributed by atoms with van der Waals surface area (Å²) in [5.74, 6) is 0.412. The van der Waals surface area contributed by atoms with E-state index in [1.54, 1.807) is 13.0 Å². The van der Waals surface area contributed by atoms with Gasteiger partial charge in [0.05, 0.1) is 164 Å². The van der Waals surface area contributed by atoms with Crippen molar-refractivity contribution in [3.63, 3.8) is 0 Å². The van der Waals surface area contributed by atoms with Gasteiger partial charge >= 0.3 is 5.97 Å². The standard InChI is InChI=1S/C33H59NO14/c1-2-47-33(35)7-8-36-9-10-37-11-12-38-13-14-39-15-16-40-17-18-41-19-20-42-21-22-43-23-24-44-25-26-45-27-28-46-29-30-48-32-6-4-3-5-31(32)34/h3-6H,2,7-30,34H2,1H3. The van der Waals surface area contributed by atoms with E-state index in [2.05, 4.69) is 0 Å². The summed E-state index contributed by atoms with van der Waals surface area (Å²) in [6, 6.07) is 7.37. The van der Waals surface area contributed by atoms with Crippen LogP contribution in [0, 0.1) is 0 Å². The first-order valence-corrected chi connectivity index (χ1v) is 16.7. The molecule has 0 aliphatic heterocycles. The second kappa shape index (κ2) is 36.1. The highest BCUT2D eigenvalue weighted by Gasteiger charge is 2.01. The second-order valence-corrected chi connectivity index (χ2v) is 9.68. The third kappa shape index (κ3) is 31.1. The Balaban J connectivity index is 1.63. The molecule has 1 rings (SSSR count). The molecule has 1 aromatic rings. The lowest BCUT2D eigenvalue weighted by Gasteiger charge is -2.10. The van der Waals surface area contributed by atoms with Gasteiger partial charge in [-0.25, -0.2) is 0 Å². The van der Waals surface area contributed by atoms with Crippen LogP contribution >= 0.6 is 0 Å². The van der Waals surface area contributed by atoms with Gasteiger partial charge in [0.2, 0.25) is 0 Å². The Bertz CT molecular complexity index is 822. The summed E-state index contributed by atoms with van der Waals surface area (Å²) in [5, 5.41) is 0. The molecule has 0 spiro atoms. The molecule has 48 heavy (non-hydrogen) atoms. The van der Waals surface area contributed by atoms with Crippen LogP contribution in [-0.2, 0) is 61.6 Å². The fourth-order valence-electron chi connectivity index (χ4n) is 3.51. The second-order valence-electron chi connectivity index (χ2n) is 9.68. The molecule has 0 aromatic heterocycles. The first-order valence-electron chi connectivity index (χ1n) is 16.7. The zero-order valence-electron chi connectivity index (χ0n) is 28.8. The van der Waals surface area contributed by atoms with Gasteiger partial charge in [0.25, 0.3) is 0 Å². The highest BCUT2D eigenvalue weighted by Crippen LogP contribution is 2.19. The van der Waals surface area contributed by atoms with Crippen LogP contribution in [0.5, 0.6) is 5.75 Å². The van der Waals surface area contributed by atoms with E-state index in [1.165, 1.54) is 0 Å². The molecular formula is C33H59NO14. The Labute approximate surface area is 285 Å². The molecule has 280 valence electrons. The minimum absolute atomic E-state index is 0.253. The zero-order chi connectivity index (χ0) is 34.4. The lowest BCUT2D eigenvalue weighted by Crippen LogP contribution is -2.15. The molecule has 0 heterocycles. The van der Waals surface area contributed by atoms with E-state index in [-0.39, 0.29) is 12.4 Å². The lowest BCUT2D eigenvalue weighted by molar-refractivity contribution is -0.144. The monoisotopic (exact) mass is 693 g/mol. The van der Waals surface area contributed by atoms with Crippen molar-refractivity contribution < 1.29 is 66.4 Å². The number of anilines is 1. The van der Waals surface area contributed by atoms with E-state index in [1.807, 2.05) is 18.2 Å². The summed E-state index contributed by atoms with van der Waals surface area (Å²) in [4.78, 5) is 11.2. The Kier molecular flexibility index (Phi) is 33.0. The number of carbonyl (C=O) groups is 1. The summed E-state index contributed by atoms with van der Waals surface area (Å²) in [6.45, 7) is 13.1. The number of esters is 1. The number of nitrogens with two attached hydrogens (primary N) is 1. The molecule has 1 aromatic carbocycles. The van der Waals surface area contributed by atoms with E-state index in [9.17, 15) is 4.79 Å². The van der Waals surface area contributed by atoms with Crippen LogP contribution < -0.4 is 10.5 Å². The Morgan fingerprint density at radius 2 is 0.750 bits per heavy atom. The van der Waals surface area contributed by atoms with Gasteiger partial charge in [-0.3, -0.25) is 4.79 Å². The highest BCUT2D eigenvalue weighted by atomic mass is 16.6. The first-order chi connectivity index (χ1) is 23.7. The Morgan fingerprint density at radius 1 is 0.458 bits per heavy atom. The van der Waals surface area contributed by atoms with Crippen molar-refractivity contribution in [1.82, 2.24) is 0 Å². The van der Waals surface area contributed by atoms with Gasteiger partial charge in [-0.1, -0.05) is 12.1 Å². The van der Waals surface area contributed by atoms with E-state index in [4.69, 9.17) is 67.3 Å². The minimum atomic E-state index is -0.253. The molecule has 0 aliphatic carbocycles.